The molecule has 0 radical (unpaired) electrons. The van der Waals surface area contributed by atoms with Gasteiger partial charge in [-0.2, -0.15) is 0 Å². The Kier molecular flexibility index (Phi) is 4.20. The number of benzene rings is 1. The number of carbonyl (C=O) groups excluding carboxylic acids is 2. The normalized spacial score (nSPS) is 14.8. The first-order valence-corrected chi connectivity index (χ1v) is 8.48. The molecule has 0 spiro atoms. The number of hydrogen-bond acceptors (Lipinski definition) is 3. The van der Waals surface area contributed by atoms with Gasteiger partial charge in [-0.05, 0) is 35.9 Å². The molecule has 4 rings (SSSR count). The van der Waals surface area contributed by atoms with E-state index in [2.05, 4.69) is 4.98 Å². The summed E-state index contributed by atoms with van der Waals surface area (Å²) >= 11 is 0. The zero-order valence-corrected chi connectivity index (χ0v) is 14.1. The van der Waals surface area contributed by atoms with Gasteiger partial charge in [0.25, 0.3) is 5.91 Å². The number of aromatic amines is 1. The van der Waals surface area contributed by atoms with E-state index in [-0.39, 0.29) is 24.1 Å². The van der Waals surface area contributed by atoms with Gasteiger partial charge >= 0.3 is 0 Å². The molecule has 1 fully saturated rings. The molecule has 7 heteroatoms. The van der Waals surface area contributed by atoms with Crippen molar-refractivity contribution >= 4 is 22.7 Å². The largest absolute Gasteiger partial charge is 0.459 e. The standard InChI is InChI=1S/C19H18FN3O3/c20-14-3-4-15-13(12-21-16(15)11-14)10-18(24)22-5-7-23(8-6-22)19(25)17-2-1-9-26-17/h1-4,9,11-12,21H,5-8,10H2. The lowest BCUT2D eigenvalue weighted by Crippen LogP contribution is -2.50. The van der Waals surface area contributed by atoms with Gasteiger partial charge in [-0.15, -0.1) is 0 Å². The molecule has 1 saturated heterocycles. The third kappa shape index (κ3) is 3.08. The molecule has 1 aromatic carbocycles. The highest BCUT2D eigenvalue weighted by Gasteiger charge is 2.26. The summed E-state index contributed by atoms with van der Waals surface area (Å²) in [7, 11) is 0. The Morgan fingerprint density at radius 3 is 2.62 bits per heavy atom. The number of nitrogens with zero attached hydrogens (tertiary/aromatic N) is 2. The molecule has 0 atom stereocenters. The van der Waals surface area contributed by atoms with Crippen molar-refractivity contribution < 1.29 is 18.4 Å². The number of fused-ring (bicyclic) bond motifs is 1. The van der Waals surface area contributed by atoms with Crippen LogP contribution in [0.15, 0.2) is 47.2 Å². The first kappa shape index (κ1) is 16.4. The maximum absolute atomic E-state index is 13.3. The molecule has 26 heavy (non-hydrogen) atoms. The second kappa shape index (κ2) is 6.67. The van der Waals surface area contributed by atoms with Crippen LogP contribution in [-0.4, -0.2) is 52.8 Å². The summed E-state index contributed by atoms with van der Waals surface area (Å²) in [6, 6.07) is 7.81. The van der Waals surface area contributed by atoms with Crippen LogP contribution in [0.1, 0.15) is 16.1 Å². The molecule has 0 unspecified atom stereocenters. The third-order valence-corrected chi connectivity index (χ3v) is 4.72. The summed E-state index contributed by atoms with van der Waals surface area (Å²) in [4.78, 5) is 31.3. The number of carbonyl (C=O) groups is 2. The van der Waals surface area contributed by atoms with Gasteiger partial charge in [-0.1, -0.05) is 0 Å². The molecule has 0 bridgehead atoms. The highest BCUT2D eigenvalue weighted by molar-refractivity contribution is 5.92. The Labute approximate surface area is 149 Å². The van der Waals surface area contributed by atoms with E-state index >= 15 is 0 Å². The Morgan fingerprint density at radius 2 is 1.88 bits per heavy atom. The van der Waals surface area contributed by atoms with Gasteiger partial charge < -0.3 is 19.2 Å². The molecule has 0 aliphatic carbocycles. The first-order chi connectivity index (χ1) is 12.6. The van der Waals surface area contributed by atoms with E-state index in [1.54, 1.807) is 34.2 Å². The Balaban J connectivity index is 1.38. The van der Waals surface area contributed by atoms with Gasteiger partial charge in [0, 0.05) is 43.3 Å². The maximum Gasteiger partial charge on any atom is 0.289 e. The summed E-state index contributed by atoms with van der Waals surface area (Å²) in [5.74, 6) is -0.147. The minimum atomic E-state index is -0.311. The average Bonchev–Trinajstić information content (AvgIpc) is 3.31. The monoisotopic (exact) mass is 355 g/mol. The van der Waals surface area contributed by atoms with Gasteiger partial charge in [-0.3, -0.25) is 9.59 Å². The third-order valence-electron chi connectivity index (χ3n) is 4.72. The molecule has 0 saturated carbocycles. The molecular weight excluding hydrogens is 337 g/mol. The fraction of sp³-hybridized carbons (Fsp3) is 0.263. The van der Waals surface area contributed by atoms with Gasteiger partial charge in [0.2, 0.25) is 5.91 Å². The molecule has 1 aliphatic rings. The van der Waals surface area contributed by atoms with Crippen LogP contribution in [0.3, 0.4) is 0 Å². The SMILES string of the molecule is O=C(Cc1c[nH]c2cc(F)ccc12)N1CCN(C(=O)c2ccco2)CC1. The van der Waals surface area contributed by atoms with E-state index < -0.39 is 0 Å². The molecule has 3 heterocycles. The van der Waals surface area contributed by atoms with Crippen LogP contribution in [0.5, 0.6) is 0 Å². The topological polar surface area (TPSA) is 69.6 Å². The van der Waals surface area contributed by atoms with Gasteiger partial charge in [0.05, 0.1) is 12.7 Å². The van der Waals surface area contributed by atoms with Crippen molar-refractivity contribution in [3.63, 3.8) is 0 Å². The lowest BCUT2D eigenvalue weighted by atomic mass is 10.1. The van der Waals surface area contributed by atoms with Crippen LogP contribution in [0, 0.1) is 5.82 Å². The van der Waals surface area contributed by atoms with Crippen molar-refractivity contribution in [2.75, 3.05) is 26.2 Å². The van der Waals surface area contributed by atoms with Gasteiger partial charge in [0.15, 0.2) is 5.76 Å². The van der Waals surface area contributed by atoms with E-state index in [1.807, 2.05) is 0 Å². The molecule has 2 amide bonds. The Hall–Kier alpha value is -3.09. The Morgan fingerprint density at radius 1 is 1.12 bits per heavy atom. The van der Waals surface area contributed by atoms with Crippen LogP contribution in [0.4, 0.5) is 4.39 Å². The van der Waals surface area contributed by atoms with Crippen LogP contribution >= 0.6 is 0 Å². The molecular formula is C19H18FN3O3. The molecule has 3 aromatic rings. The highest BCUT2D eigenvalue weighted by Crippen LogP contribution is 2.20. The van der Waals surface area contributed by atoms with E-state index in [9.17, 15) is 14.0 Å². The van der Waals surface area contributed by atoms with Crippen molar-refractivity contribution in [3.05, 3.63) is 59.9 Å². The quantitative estimate of drug-likeness (QED) is 0.784. The Bertz CT molecular complexity index is 940. The van der Waals surface area contributed by atoms with Crippen LogP contribution in [0.25, 0.3) is 10.9 Å². The lowest BCUT2D eigenvalue weighted by Gasteiger charge is -2.34. The number of amides is 2. The second-order valence-electron chi connectivity index (χ2n) is 6.33. The van der Waals surface area contributed by atoms with Crippen molar-refractivity contribution in [3.8, 4) is 0 Å². The molecule has 2 aromatic heterocycles. The number of piperazine rings is 1. The predicted molar refractivity (Wildman–Crippen MR) is 93.2 cm³/mol. The van der Waals surface area contributed by atoms with Crippen molar-refractivity contribution in [1.29, 1.82) is 0 Å². The second-order valence-corrected chi connectivity index (χ2v) is 6.33. The fourth-order valence-electron chi connectivity index (χ4n) is 3.29. The number of H-pyrrole nitrogens is 1. The summed E-state index contributed by atoms with van der Waals surface area (Å²) in [5.41, 5.74) is 1.53. The summed E-state index contributed by atoms with van der Waals surface area (Å²) in [6.45, 7) is 1.93. The van der Waals surface area contributed by atoms with Crippen LogP contribution in [-0.2, 0) is 11.2 Å². The van der Waals surface area contributed by atoms with Crippen LogP contribution < -0.4 is 0 Å². The van der Waals surface area contributed by atoms with Crippen LogP contribution in [0.2, 0.25) is 0 Å². The molecule has 1 aliphatic heterocycles. The zero-order valence-electron chi connectivity index (χ0n) is 14.1. The molecule has 1 N–H and O–H groups in total. The van der Waals surface area contributed by atoms with Crippen molar-refractivity contribution in [2.45, 2.75) is 6.42 Å². The van der Waals surface area contributed by atoms with E-state index in [1.165, 1.54) is 18.4 Å². The summed E-state index contributed by atoms with van der Waals surface area (Å²) in [5, 5.41) is 0.853. The maximum atomic E-state index is 13.3. The smallest absolute Gasteiger partial charge is 0.289 e. The number of rotatable bonds is 3. The highest BCUT2D eigenvalue weighted by atomic mass is 19.1. The van der Waals surface area contributed by atoms with E-state index in [0.29, 0.717) is 37.5 Å². The van der Waals surface area contributed by atoms with E-state index in [0.717, 1.165) is 10.9 Å². The predicted octanol–water partition coefficient (Wildman–Crippen LogP) is 2.43. The van der Waals surface area contributed by atoms with Gasteiger partial charge in [-0.25, -0.2) is 4.39 Å². The number of furan rings is 1. The zero-order chi connectivity index (χ0) is 18.1. The van der Waals surface area contributed by atoms with E-state index in [4.69, 9.17) is 4.42 Å². The number of hydrogen-bond donors (Lipinski definition) is 1. The van der Waals surface area contributed by atoms with Gasteiger partial charge in [0.1, 0.15) is 5.82 Å². The number of aromatic nitrogens is 1. The molecule has 134 valence electrons. The van der Waals surface area contributed by atoms with Crippen molar-refractivity contribution in [2.24, 2.45) is 0 Å². The number of nitrogens with one attached hydrogen (secondary N) is 1. The lowest BCUT2D eigenvalue weighted by molar-refractivity contribution is -0.131. The summed E-state index contributed by atoms with van der Waals surface area (Å²) in [6.07, 6.45) is 3.47. The average molecular weight is 355 g/mol. The minimum absolute atomic E-state index is 0.000299. The first-order valence-electron chi connectivity index (χ1n) is 8.48. The minimum Gasteiger partial charge on any atom is -0.459 e. The number of halogens is 1. The summed E-state index contributed by atoms with van der Waals surface area (Å²) < 4.78 is 18.4. The fourth-order valence-corrected chi connectivity index (χ4v) is 3.29. The molecule has 6 nitrogen and oxygen atoms in total. The van der Waals surface area contributed by atoms with Crippen molar-refractivity contribution in [1.82, 2.24) is 14.8 Å².